The lowest BCUT2D eigenvalue weighted by molar-refractivity contribution is 0.849. The lowest BCUT2D eigenvalue weighted by atomic mass is 10.0. The molecule has 2 heterocycles. The molecule has 152 valence electrons. The summed E-state index contributed by atoms with van der Waals surface area (Å²) < 4.78 is 1.20. The van der Waals surface area contributed by atoms with Gasteiger partial charge in [0, 0.05) is 11.1 Å². The van der Waals surface area contributed by atoms with Gasteiger partial charge in [-0.3, -0.25) is 0 Å². The first-order chi connectivity index (χ1) is 15.2. The summed E-state index contributed by atoms with van der Waals surface area (Å²) in [5.74, 6) is 0.720. The van der Waals surface area contributed by atoms with E-state index < -0.39 is 0 Å². The number of para-hydroxylation sites is 1. The molecule has 0 aliphatic carbocycles. The number of aryl methyl sites for hydroxylation is 2. The molecule has 5 rings (SSSR count). The van der Waals surface area contributed by atoms with E-state index >= 15 is 0 Å². The maximum atomic E-state index is 4.91. The minimum absolute atomic E-state index is 0.658. The Bertz CT molecular complexity index is 1310. The van der Waals surface area contributed by atoms with Crippen molar-refractivity contribution in [3.63, 3.8) is 0 Å². The first kappa shape index (κ1) is 19.8. The summed E-state index contributed by atoms with van der Waals surface area (Å²) >= 11 is 3.28. The highest BCUT2D eigenvalue weighted by atomic mass is 32.2. The number of benzene rings is 3. The molecule has 0 radical (unpaired) electrons. The van der Waals surface area contributed by atoms with Crippen molar-refractivity contribution in [1.29, 1.82) is 0 Å². The van der Waals surface area contributed by atoms with Gasteiger partial charge in [0.2, 0.25) is 5.16 Å². The Hall–Kier alpha value is -3.09. The third-order valence-electron chi connectivity index (χ3n) is 4.98. The first-order valence-corrected chi connectivity index (χ1v) is 11.8. The molecule has 0 unspecified atom stereocenters. The van der Waals surface area contributed by atoms with Crippen molar-refractivity contribution in [2.75, 3.05) is 0 Å². The molecule has 3 aromatic carbocycles. The van der Waals surface area contributed by atoms with Gasteiger partial charge in [-0.25, -0.2) is 9.97 Å². The van der Waals surface area contributed by atoms with Crippen LogP contribution < -0.4 is 0 Å². The molecular formula is C25H20N4S2. The summed E-state index contributed by atoms with van der Waals surface area (Å²) in [4.78, 5) is 9.62. The van der Waals surface area contributed by atoms with Gasteiger partial charge in [-0.05, 0) is 26.0 Å². The van der Waals surface area contributed by atoms with Crippen LogP contribution >= 0.6 is 23.1 Å². The Kier molecular flexibility index (Phi) is 5.49. The van der Waals surface area contributed by atoms with Crippen molar-refractivity contribution in [2.45, 2.75) is 24.8 Å². The summed E-state index contributed by atoms with van der Waals surface area (Å²) in [5.41, 5.74) is 7.18. The lowest BCUT2D eigenvalue weighted by Crippen LogP contribution is -1.99. The highest BCUT2D eigenvalue weighted by Gasteiger charge is 2.15. The van der Waals surface area contributed by atoms with Crippen molar-refractivity contribution in [2.24, 2.45) is 0 Å². The number of thiazole rings is 1. The molecule has 5 aromatic rings. The molecule has 0 aliphatic heterocycles. The van der Waals surface area contributed by atoms with E-state index in [0.29, 0.717) is 5.16 Å². The van der Waals surface area contributed by atoms with Crippen molar-refractivity contribution >= 4 is 33.3 Å². The number of aromatic nitrogens is 4. The highest BCUT2D eigenvalue weighted by Crippen LogP contribution is 2.32. The van der Waals surface area contributed by atoms with Gasteiger partial charge in [-0.1, -0.05) is 83.6 Å². The Labute approximate surface area is 189 Å². The molecular weight excluding hydrogens is 420 g/mol. The Morgan fingerprint density at radius 3 is 2.03 bits per heavy atom. The van der Waals surface area contributed by atoms with Crippen LogP contribution in [0.15, 0.2) is 78.0 Å². The van der Waals surface area contributed by atoms with Crippen LogP contribution in [-0.2, 0) is 5.75 Å². The largest absolute Gasteiger partial charge is 0.240 e. The number of nitrogens with zero attached hydrogens (tertiary/aromatic N) is 4. The molecule has 0 atom stereocenters. The van der Waals surface area contributed by atoms with Gasteiger partial charge in [-0.2, -0.15) is 0 Å². The fourth-order valence-corrected chi connectivity index (χ4v) is 5.05. The Morgan fingerprint density at radius 1 is 0.710 bits per heavy atom. The number of hydrogen-bond donors (Lipinski definition) is 0. The SMILES string of the molecule is Cc1ccc(-c2nnc(SCc3nc4ccccc4s3)nc2-c2ccc(C)cc2)cc1. The third-order valence-corrected chi connectivity index (χ3v) is 7.05. The van der Waals surface area contributed by atoms with E-state index in [-0.39, 0.29) is 0 Å². The second kappa shape index (κ2) is 8.57. The monoisotopic (exact) mass is 440 g/mol. The lowest BCUT2D eigenvalue weighted by Gasteiger charge is -2.10. The van der Waals surface area contributed by atoms with Crippen molar-refractivity contribution < 1.29 is 0 Å². The number of fused-ring (bicyclic) bond motifs is 1. The average Bonchev–Trinajstić information content (AvgIpc) is 3.22. The molecule has 2 aromatic heterocycles. The Morgan fingerprint density at radius 2 is 1.35 bits per heavy atom. The van der Waals surface area contributed by atoms with Crippen molar-refractivity contribution in [3.05, 3.63) is 88.9 Å². The second-order valence-corrected chi connectivity index (χ2v) is 9.45. The van der Waals surface area contributed by atoms with E-state index in [1.807, 2.05) is 18.2 Å². The minimum atomic E-state index is 0.658. The molecule has 0 saturated heterocycles. The van der Waals surface area contributed by atoms with Gasteiger partial charge in [-0.15, -0.1) is 21.5 Å². The highest BCUT2D eigenvalue weighted by molar-refractivity contribution is 7.98. The molecule has 4 nitrogen and oxygen atoms in total. The minimum Gasteiger partial charge on any atom is -0.240 e. The molecule has 0 spiro atoms. The average molecular weight is 441 g/mol. The molecule has 6 heteroatoms. The van der Waals surface area contributed by atoms with Crippen LogP contribution in [0.25, 0.3) is 32.7 Å². The zero-order chi connectivity index (χ0) is 21.2. The zero-order valence-corrected chi connectivity index (χ0v) is 18.9. The maximum absolute atomic E-state index is 4.91. The summed E-state index contributed by atoms with van der Waals surface area (Å²) in [5, 5.41) is 10.7. The molecule has 0 amide bonds. The molecule has 0 aliphatic rings. The van der Waals surface area contributed by atoms with E-state index in [0.717, 1.165) is 38.8 Å². The van der Waals surface area contributed by atoms with Crippen LogP contribution in [0.3, 0.4) is 0 Å². The normalized spacial score (nSPS) is 11.2. The fraction of sp³-hybridized carbons (Fsp3) is 0.120. The molecule has 0 saturated carbocycles. The summed E-state index contributed by atoms with van der Waals surface area (Å²) in [7, 11) is 0. The first-order valence-electron chi connectivity index (χ1n) is 10.0. The van der Waals surface area contributed by atoms with Crippen LogP contribution in [0.4, 0.5) is 0 Å². The van der Waals surface area contributed by atoms with Gasteiger partial charge in [0.05, 0.1) is 16.0 Å². The van der Waals surface area contributed by atoms with Crippen molar-refractivity contribution in [3.8, 4) is 22.5 Å². The summed E-state index contributed by atoms with van der Waals surface area (Å²) in [6.45, 7) is 4.17. The standard InChI is InChI=1S/C25H20N4S2/c1-16-7-11-18(12-8-16)23-24(19-13-9-17(2)10-14-19)28-29-25(27-23)30-15-22-26-20-5-3-4-6-21(20)31-22/h3-14H,15H2,1-2H3. The predicted molar refractivity (Wildman–Crippen MR) is 129 cm³/mol. The van der Waals surface area contributed by atoms with E-state index in [1.54, 1.807) is 23.1 Å². The van der Waals surface area contributed by atoms with Gasteiger partial charge >= 0.3 is 0 Å². The quantitative estimate of drug-likeness (QED) is 0.284. The molecule has 31 heavy (non-hydrogen) atoms. The number of hydrogen-bond acceptors (Lipinski definition) is 6. The van der Waals surface area contributed by atoms with E-state index in [4.69, 9.17) is 9.97 Å². The maximum Gasteiger partial charge on any atom is 0.210 e. The number of thioether (sulfide) groups is 1. The summed E-state index contributed by atoms with van der Waals surface area (Å²) in [6.07, 6.45) is 0. The van der Waals surface area contributed by atoms with E-state index in [2.05, 4.69) is 78.6 Å². The fourth-order valence-electron chi connectivity index (χ4n) is 3.30. The van der Waals surface area contributed by atoms with Crippen LogP contribution in [0.5, 0.6) is 0 Å². The summed E-state index contributed by atoms with van der Waals surface area (Å²) in [6, 6.07) is 24.9. The number of rotatable bonds is 5. The van der Waals surface area contributed by atoms with Crippen LogP contribution in [0.1, 0.15) is 16.1 Å². The smallest absolute Gasteiger partial charge is 0.210 e. The van der Waals surface area contributed by atoms with Gasteiger partial charge in [0.15, 0.2) is 0 Å². The van der Waals surface area contributed by atoms with Crippen LogP contribution in [0.2, 0.25) is 0 Å². The topological polar surface area (TPSA) is 51.6 Å². The van der Waals surface area contributed by atoms with Crippen LogP contribution in [0, 0.1) is 13.8 Å². The third kappa shape index (κ3) is 4.36. The van der Waals surface area contributed by atoms with Gasteiger partial charge in [0.1, 0.15) is 16.4 Å². The second-order valence-electron chi connectivity index (χ2n) is 7.39. The van der Waals surface area contributed by atoms with Crippen molar-refractivity contribution in [1.82, 2.24) is 20.2 Å². The van der Waals surface area contributed by atoms with Crippen LogP contribution in [-0.4, -0.2) is 20.2 Å². The van der Waals surface area contributed by atoms with E-state index in [1.165, 1.54) is 15.8 Å². The molecule has 0 N–H and O–H groups in total. The predicted octanol–water partition coefficient (Wildman–Crippen LogP) is 6.72. The Balaban J connectivity index is 1.49. The van der Waals surface area contributed by atoms with Gasteiger partial charge in [0.25, 0.3) is 0 Å². The molecule has 0 bridgehead atoms. The van der Waals surface area contributed by atoms with Gasteiger partial charge < -0.3 is 0 Å². The van der Waals surface area contributed by atoms with E-state index in [9.17, 15) is 0 Å². The molecule has 0 fully saturated rings. The zero-order valence-electron chi connectivity index (χ0n) is 17.2.